The van der Waals surface area contributed by atoms with Gasteiger partial charge in [-0.2, -0.15) is 0 Å². The molecule has 0 radical (unpaired) electrons. The van der Waals surface area contributed by atoms with Crippen LogP contribution in [-0.2, 0) is 28.6 Å². The van der Waals surface area contributed by atoms with Crippen LogP contribution in [0.2, 0.25) is 0 Å². The summed E-state index contributed by atoms with van der Waals surface area (Å²) in [6, 6.07) is 0. The van der Waals surface area contributed by atoms with Crippen molar-refractivity contribution >= 4 is 17.6 Å². The molecule has 0 aromatic carbocycles. The highest BCUT2D eigenvalue weighted by Gasteiger charge is 2.17. The van der Waals surface area contributed by atoms with Crippen LogP contribution in [0.4, 0.5) is 0 Å². The minimum absolute atomic E-state index is 0.0370. The minimum atomic E-state index is -0.314. The Labute approximate surface area is 155 Å². The van der Waals surface area contributed by atoms with E-state index in [1.165, 1.54) is 11.8 Å². The van der Waals surface area contributed by atoms with E-state index in [4.69, 9.17) is 14.2 Å². The average Bonchev–Trinajstić information content (AvgIpc) is 2.60. The number of amides is 2. The minimum Gasteiger partial charge on any atom is -0.383 e. The van der Waals surface area contributed by atoms with Crippen molar-refractivity contribution in [2.24, 2.45) is 0 Å². The Morgan fingerprint density at radius 2 is 1.42 bits per heavy atom. The number of ketones is 1. The van der Waals surface area contributed by atoms with Crippen molar-refractivity contribution in [1.29, 1.82) is 0 Å². The second kappa shape index (κ2) is 15.7. The van der Waals surface area contributed by atoms with Crippen molar-refractivity contribution < 1.29 is 28.6 Å². The van der Waals surface area contributed by atoms with Gasteiger partial charge in [-0.3, -0.25) is 14.4 Å². The first-order valence-electron chi connectivity index (χ1n) is 8.77. The van der Waals surface area contributed by atoms with Gasteiger partial charge < -0.3 is 29.3 Å². The number of rotatable bonds is 16. The highest BCUT2D eigenvalue weighted by molar-refractivity contribution is 5.85. The molecule has 0 rings (SSSR count). The normalized spacial score (nSPS) is 10.6. The molecule has 0 aromatic heterocycles. The van der Waals surface area contributed by atoms with Gasteiger partial charge in [0.25, 0.3) is 0 Å². The van der Waals surface area contributed by atoms with Crippen LogP contribution in [0.1, 0.15) is 13.8 Å². The van der Waals surface area contributed by atoms with Crippen LogP contribution in [0.3, 0.4) is 0 Å². The zero-order chi connectivity index (χ0) is 19.8. The van der Waals surface area contributed by atoms with Gasteiger partial charge in [-0.1, -0.05) is 6.92 Å². The fraction of sp³-hybridized carbons (Fsp3) is 0.824. The van der Waals surface area contributed by atoms with Gasteiger partial charge in [-0.05, 0) is 13.5 Å². The Hall–Kier alpha value is -1.55. The SMILES string of the molecule is CCNCCN(CC(C)=O)C(=O)COCC(=O)N(CCOC)CCOC. The standard InChI is InChI=1S/C17H33N3O6/c1-5-18-6-7-20(12-15(2)21)17(23)14-26-13-16(22)19(8-10-24-3)9-11-25-4/h18H,5-14H2,1-4H3. The predicted octanol–water partition coefficient (Wildman–Crippen LogP) is -0.848. The molecule has 2 amide bonds. The van der Waals surface area contributed by atoms with Gasteiger partial charge in [0.1, 0.15) is 19.0 Å². The van der Waals surface area contributed by atoms with Crippen molar-refractivity contribution in [3.8, 4) is 0 Å². The second-order valence-electron chi connectivity index (χ2n) is 5.73. The Kier molecular flexibility index (Phi) is 14.8. The second-order valence-corrected chi connectivity index (χ2v) is 5.73. The smallest absolute Gasteiger partial charge is 0.249 e. The molecule has 26 heavy (non-hydrogen) atoms. The summed E-state index contributed by atoms with van der Waals surface area (Å²) in [4.78, 5) is 38.7. The van der Waals surface area contributed by atoms with E-state index in [0.29, 0.717) is 39.4 Å². The highest BCUT2D eigenvalue weighted by atomic mass is 16.5. The first-order valence-corrected chi connectivity index (χ1v) is 8.77. The molecule has 0 aromatic rings. The molecule has 9 heteroatoms. The molecule has 152 valence electrons. The molecule has 0 saturated heterocycles. The summed E-state index contributed by atoms with van der Waals surface area (Å²) in [6.07, 6.45) is 0. The van der Waals surface area contributed by atoms with E-state index in [2.05, 4.69) is 5.32 Å². The molecule has 0 fully saturated rings. The number of nitrogens with zero attached hydrogens (tertiary/aromatic N) is 2. The van der Waals surface area contributed by atoms with Crippen molar-refractivity contribution in [1.82, 2.24) is 15.1 Å². The number of ether oxygens (including phenoxy) is 3. The van der Waals surface area contributed by atoms with Gasteiger partial charge in [0, 0.05) is 40.4 Å². The van der Waals surface area contributed by atoms with E-state index in [1.54, 1.807) is 19.1 Å². The van der Waals surface area contributed by atoms with Crippen molar-refractivity contribution in [2.45, 2.75) is 13.8 Å². The van der Waals surface area contributed by atoms with E-state index in [-0.39, 0.29) is 37.4 Å². The van der Waals surface area contributed by atoms with Gasteiger partial charge in [-0.25, -0.2) is 0 Å². The van der Waals surface area contributed by atoms with E-state index in [0.717, 1.165) is 6.54 Å². The number of carbonyl (C=O) groups is 3. The molecular formula is C17H33N3O6. The zero-order valence-electron chi connectivity index (χ0n) is 16.4. The maximum Gasteiger partial charge on any atom is 0.249 e. The lowest BCUT2D eigenvalue weighted by Crippen LogP contribution is -2.43. The zero-order valence-corrected chi connectivity index (χ0v) is 16.4. The third-order valence-electron chi connectivity index (χ3n) is 3.51. The van der Waals surface area contributed by atoms with Gasteiger partial charge in [0.15, 0.2) is 0 Å². The molecule has 9 nitrogen and oxygen atoms in total. The van der Waals surface area contributed by atoms with E-state index in [9.17, 15) is 14.4 Å². The molecule has 0 saturated carbocycles. The third-order valence-corrected chi connectivity index (χ3v) is 3.51. The van der Waals surface area contributed by atoms with Crippen molar-refractivity contribution in [3.63, 3.8) is 0 Å². The molecule has 0 heterocycles. The molecule has 0 bridgehead atoms. The first-order chi connectivity index (χ1) is 12.5. The summed E-state index contributed by atoms with van der Waals surface area (Å²) in [5, 5.41) is 3.10. The number of carbonyl (C=O) groups excluding carboxylic acids is 3. The van der Waals surface area contributed by atoms with Gasteiger partial charge in [0.2, 0.25) is 11.8 Å². The topological polar surface area (TPSA) is 97.4 Å². The Bertz CT molecular complexity index is 411. The number of methoxy groups -OCH3 is 2. The van der Waals surface area contributed by atoms with Gasteiger partial charge >= 0.3 is 0 Å². The lowest BCUT2D eigenvalue weighted by molar-refractivity contribution is -0.144. The van der Waals surface area contributed by atoms with Crippen LogP contribution in [0.25, 0.3) is 0 Å². The largest absolute Gasteiger partial charge is 0.383 e. The van der Waals surface area contributed by atoms with E-state index < -0.39 is 0 Å². The summed E-state index contributed by atoms with van der Waals surface area (Å²) in [5.41, 5.74) is 0. The van der Waals surface area contributed by atoms with Crippen LogP contribution >= 0.6 is 0 Å². The fourth-order valence-corrected chi connectivity index (χ4v) is 2.12. The Morgan fingerprint density at radius 3 is 1.88 bits per heavy atom. The van der Waals surface area contributed by atoms with Crippen molar-refractivity contribution in [2.75, 3.05) is 79.9 Å². The summed E-state index contributed by atoms with van der Waals surface area (Å²) < 4.78 is 15.2. The van der Waals surface area contributed by atoms with Crippen LogP contribution in [0.5, 0.6) is 0 Å². The Balaban J connectivity index is 4.40. The molecule has 0 atom stereocenters. The van der Waals surface area contributed by atoms with E-state index >= 15 is 0 Å². The maximum absolute atomic E-state index is 12.2. The van der Waals surface area contributed by atoms with Crippen molar-refractivity contribution in [3.05, 3.63) is 0 Å². The molecule has 0 spiro atoms. The summed E-state index contributed by atoms with van der Waals surface area (Å²) in [7, 11) is 3.12. The number of hydrogen-bond donors (Lipinski definition) is 1. The van der Waals surface area contributed by atoms with Crippen LogP contribution in [-0.4, -0.2) is 107 Å². The van der Waals surface area contributed by atoms with Crippen LogP contribution in [0, 0.1) is 0 Å². The Morgan fingerprint density at radius 1 is 0.885 bits per heavy atom. The molecule has 0 aliphatic heterocycles. The quantitative estimate of drug-likeness (QED) is 0.351. The first kappa shape index (κ1) is 24.5. The number of Topliss-reactive ketones (excluding diaryl/α,β-unsaturated/α-hetero) is 1. The fourth-order valence-electron chi connectivity index (χ4n) is 2.12. The summed E-state index contributed by atoms with van der Waals surface area (Å²) >= 11 is 0. The number of likely N-dealkylation sites (N-methyl/N-ethyl adjacent to an activating group) is 1. The van der Waals surface area contributed by atoms with Crippen LogP contribution in [0.15, 0.2) is 0 Å². The predicted molar refractivity (Wildman–Crippen MR) is 97.0 cm³/mol. The molecular weight excluding hydrogens is 342 g/mol. The van der Waals surface area contributed by atoms with E-state index in [1.807, 2.05) is 6.92 Å². The summed E-state index contributed by atoms with van der Waals surface area (Å²) in [5.74, 6) is -0.653. The lowest BCUT2D eigenvalue weighted by Gasteiger charge is -2.23. The van der Waals surface area contributed by atoms with Gasteiger partial charge in [0.05, 0.1) is 19.8 Å². The number of hydrogen-bond acceptors (Lipinski definition) is 7. The average molecular weight is 375 g/mol. The number of nitrogens with one attached hydrogen (secondary N) is 1. The van der Waals surface area contributed by atoms with Gasteiger partial charge in [-0.15, -0.1) is 0 Å². The maximum atomic E-state index is 12.2. The molecule has 0 aliphatic rings. The third kappa shape index (κ3) is 11.9. The van der Waals surface area contributed by atoms with Crippen LogP contribution < -0.4 is 5.32 Å². The molecule has 0 aliphatic carbocycles. The summed E-state index contributed by atoms with van der Waals surface area (Å²) in [6.45, 7) is 6.44. The molecule has 0 unspecified atom stereocenters. The highest BCUT2D eigenvalue weighted by Crippen LogP contribution is 1.96. The molecule has 1 N–H and O–H groups in total. The monoisotopic (exact) mass is 375 g/mol. The lowest BCUT2D eigenvalue weighted by atomic mass is 10.3.